The number of likely N-dealkylation sites (N-methyl/N-ethyl adjacent to an activating group) is 1. The van der Waals surface area contributed by atoms with Crippen LogP contribution in [-0.2, 0) is 4.74 Å². The molecule has 1 aliphatic rings. The molecule has 0 aromatic rings. The smallest absolute Gasteiger partial charge is 0.0462 e. The van der Waals surface area contributed by atoms with Gasteiger partial charge in [0.05, 0.1) is 0 Å². The van der Waals surface area contributed by atoms with Crippen molar-refractivity contribution >= 4 is 0 Å². The van der Waals surface area contributed by atoms with Crippen molar-refractivity contribution in [1.82, 2.24) is 10.2 Å². The second-order valence-corrected chi connectivity index (χ2v) is 3.49. The Morgan fingerprint density at radius 2 is 2.17 bits per heavy atom. The van der Waals surface area contributed by atoms with Crippen LogP contribution in [0.25, 0.3) is 0 Å². The first-order valence-corrected chi connectivity index (χ1v) is 4.74. The molecule has 1 fully saturated rings. The second kappa shape index (κ2) is 5.51. The molecule has 0 radical (unpaired) electrons. The summed E-state index contributed by atoms with van der Waals surface area (Å²) in [7, 11) is 3.97. The van der Waals surface area contributed by atoms with Crippen LogP contribution < -0.4 is 5.32 Å². The van der Waals surface area contributed by atoms with Gasteiger partial charge in [0, 0.05) is 32.8 Å². The van der Waals surface area contributed by atoms with Gasteiger partial charge >= 0.3 is 0 Å². The van der Waals surface area contributed by atoms with Gasteiger partial charge in [-0.05, 0) is 26.4 Å². The summed E-state index contributed by atoms with van der Waals surface area (Å²) >= 11 is 0. The van der Waals surface area contributed by atoms with Crippen LogP contribution in [0.4, 0.5) is 0 Å². The molecule has 12 heavy (non-hydrogen) atoms. The van der Waals surface area contributed by atoms with E-state index < -0.39 is 0 Å². The minimum Gasteiger partial charge on any atom is -0.385 e. The van der Waals surface area contributed by atoms with E-state index in [1.54, 1.807) is 7.11 Å². The van der Waals surface area contributed by atoms with Crippen LogP contribution >= 0.6 is 0 Å². The quantitative estimate of drug-likeness (QED) is 0.584. The van der Waals surface area contributed by atoms with Crippen LogP contribution in [0.2, 0.25) is 0 Å². The molecule has 0 aliphatic carbocycles. The first-order valence-electron chi connectivity index (χ1n) is 4.74. The largest absolute Gasteiger partial charge is 0.385 e. The van der Waals surface area contributed by atoms with E-state index in [-0.39, 0.29) is 0 Å². The fraction of sp³-hybridized carbons (Fsp3) is 1.00. The highest BCUT2D eigenvalue weighted by Gasteiger charge is 2.20. The van der Waals surface area contributed by atoms with Gasteiger partial charge < -0.3 is 15.0 Å². The van der Waals surface area contributed by atoms with E-state index in [4.69, 9.17) is 4.74 Å². The molecule has 0 spiro atoms. The van der Waals surface area contributed by atoms with Gasteiger partial charge in [-0.3, -0.25) is 0 Å². The SMILES string of the molecule is COCCCCN(C)C1CNC1. The molecule has 1 saturated heterocycles. The molecule has 0 aromatic heterocycles. The fourth-order valence-corrected chi connectivity index (χ4v) is 1.38. The lowest BCUT2D eigenvalue weighted by atomic mass is 10.1. The first-order chi connectivity index (χ1) is 5.84. The summed E-state index contributed by atoms with van der Waals surface area (Å²) in [6.07, 6.45) is 2.43. The van der Waals surface area contributed by atoms with Crippen LogP contribution in [0.15, 0.2) is 0 Å². The molecule has 0 atom stereocenters. The number of nitrogens with zero attached hydrogens (tertiary/aromatic N) is 1. The van der Waals surface area contributed by atoms with Gasteiger partial charge in [0.2, 0.25) is 0 Å². The Morgan fingerprint density at radius 1 is 1.42 bits per heavy atom. The number of nitrogens with one attached hydrogen (secondary N) is 1. The van der Waals surface area contributed by atoms with Crippen molar-refractivity contribution in [3.63, 3.8) is 0 Å². The van der Waals surface area contributed by atoms with E-state index in [1.807, 2.05) is 0 Å². The van der Waals surface area contributed by atoms with Crippen LogP contribution in [0.3, 0.4) is 0 Å². The summed E-state index contributed by atoms with van der Waals surface area (Å²) in [4.78, 5) is 2.44. The number of unbranched alkanes of at least 4 members (excludes halogenated alkanes) is 1. The summed E-state index contributed by atoms with van der Waals surface area (Å²) in [6, 6.07) is 0.785. The number of hydrogen-bond acceptors (Lipinski definition) is 3. The van der Waals surface area contributed by atoms with Gasteiger partial charge in [0.25, 0.3) is 0 Å². The Balaban J connectivity index is 1.91. The minimum atomic E-state index is 0.785. The molecule has 0 unspecified atom stereocenters. The molecule has 1 heterocycles. The maximum atomic E-state index is 4.99. The third-order valence-corrected chi connectivity index (χ3v) is 2.49. The number of ether oxygens (including phenoxy) is 1. The normalized spacial score (nSPS) is 18.2. The maximum absolute atomic E-state index is 4.99. The summed E-state index contributed by atoms with van der Waals surface area (Å²) in [6.45, 7) is 4.44. The van der Waals surface area contributed by atoms with Crippen molar-refractivity contribution in [2.24, 2.45) is 0 Å². The Kier molecular flexibility index (Phi) is 4.58. The average Bonchev–Trinajstić information content (AvgIpc) is 1.95. The van der Waals surface area contributed by atoms with Crippen molar-refractivity contribution in [1.29, 1.82) is 0 Å². The highest BCUT2D eigenvalue weighted by atomic mass is 16.5. The lowest BCUT2D eigenvalue weighted by Gasteiger charge is -2.35. The van der Waals surface area contributed by atoms with E-state index in [9.17, 15) is 0 Å². The van der Waals surface area contributed by atoms with Crippen LogP contribution in [0.5, 0.6) is 0 Å². The van der Waals surface area contributed by atoms with E-state index in [0.29, 0.717) is 0 Å². The van der Waals surface area contributed by atoms with Gasteiger partial charge in [-0.2, -0.15) is 0 Å². The Morgan fingerprint density at radius 3 is 2.67 bits per heavy atom. The van der Waals surface area contributed by atoms with Crippen LogP contribution in [-0.4, -0.2) is 51.3 Å². The molecule has 0 saturated carbocycles. The van der Waals surface area contributed by atoms with E-state index in [2.05, 4.69) is 17.3 Å². The van der Waals surface area contributed by atoms with Crippen molar-refractivity contribution in [3.8, 4) is 0 Å². The molecule has 1 aliphatic heterocycles. The van der Waals surface area contributed by atoms with E-state index in [0.717, 1.165) is 12.6 Å². The Hall–Kier alpha value is -0.120. The zero-order valence-electron chi connectivity index (χ0n) is 8.18. The molecule has 0 bridgehead atoms. The fourth-order valence-electron chi connectivity index (χ4n) is 1.38. The zero-order chi connectivity index (χ0) is 8.81. The predicted molar refractivity (Wildman–Crippen MR) is 50.4 cm³/mol. The summed E-state index contributed by atoms with van der Waals surface area (Å²) in [5.74, 6) is 0. The van der Waals surface area contributed by atoms with E-state index in [1.165, 1.54) is 32.5 Å². The summed E-state index contributed by atoms with van der Waals surface area (Å²) in [5, 5.41) is 3.28. The first kappa shape index (κ1) is 9.96. The lowest BCUT2D eigenvalue weighted by molar-refractivity contribution is 0.160. The maximum Gasteiger partial charge on any atom is 0.0462 e. The Labute approximate surface area is 75.1 Å². The Bertz CT molecular complexity index is 115. The van der Waals surface area contributed by atoms with Crippen molar-refractivity contribution in [2.75, 3.05) is 40.4 Å². The highest BCUT2D eigenvalue weighted by molar-refractivity contribution is 4.82. The van der Waals surface area contributed by atoms with Gasteiger partial charge in [0.1, 0.15) is 0 Å². The summed E-state index contributed by atoms with van der Waals surface area (Å²) in [5.41, 5.74) is 0. The lowest BCUT2D eigenvalue weighted by Crippen LogP contribution is -2.56. The molecular formula is C9H20N2O. The highest BCUT2D eigenvalue weighted by Crippen LogP contribution is 2.03. The van der Waals surface area contributed by atoms with Crippen molar-refractivity contribution < 1.29 is 4.74 Å². The predicted octanol–water partition coefficient (Wildman–Crippen LogP) is 0.317. The molecule has 0 amide bonds. The third-order valence-electron chi connectivity index (χ3n) is 2.49. The molecule has 1 N–H and O–H groups in total. The minimum absolute atomic E-state index is 0.785. The van der Waals surface area contributed by atoms with Crippen LogP contribution in [0.1, 0.15) is 12.8 Å². The monoisotopic (exact) mass is 172 g/mol. The van der Waals surface area contributed by atoms with Gasteiger partial charge in [-0.15, -0.1) is 0 Å². The average molecular weight is 172 g/mol. The molecule has 3 nitrogen and oxygen atoms in total. The standard InChI is InChI=1S/C9H20N2O/c1-11(9-7-10-8-9)5-3-4-6-12-2/h9-10H,3-8H2,1-2H3. The topological polar surface area (TPSA) is 24.5 Å². The molecule has 3 heteroatoms. The van der Waals surface area contributed by atoms with Crippen LogP contribution in [0, 0.1) is 0 Å². The van der Waals surface area contributed by atoms with Gasteiger partial charge in [-0.1, -0.05) is 0 Å². The van der Waals surface area contributed by atoms with Gasteiger partial charge in [-0.25, -0.2) is 0 Å². The number of methoxy groups -OCH3 is 1. The number of hydrogen-bond donors (Lipinski definition) is 1. The summed E-state index contributed by atoms with van der Waals surface area (Å²) < 4.78 is 4.99. The van der Waals surface area contributed by atoms with E-state index >= 15 is 0 Å². The third kappa shape index (κ3) is 3.09. The number of rotatable bonds is 6. The van der Waals surface area contributed by atoms with Crippen molar-refractivity contribution in [2.45, 2.75) is 18.9 Å². The van der Waals surface area contributed by atoms with Crippen molar-refractivity contribution in [3.05, 3.63) is 0 Å². The molecule has 1 rings (SSSR count). The molecule has 72 valence electrons. The second-order valence-electron chi connectivity index (χ2n) is 3.49. The zero-order valence-corrected chi connectivity index (χ0v) is 8.18. The molecule has 0 aromatic carbocycles. The molecular weight excluding hydrogens is 152 g/mol. The van der Waals surface area contributed by atoms with Gasteiger partial charge in [0.15, 0.2) is 0 Å².